The first-order chi connectivity index (χ1) is 12.1. The highest BCUT2D eigenvalue weighted by atomic mass is 19.4. The van der Waals surface area contributed by atoms with Gasteiger partial charge in [0, 0.05) is 0 Å². The summed E-state index contributed by atoms with van der Waals surface area (Å²) in [6.45, 7) is 2.79. The number of benzene rings is 1. The van der Waals surface area contributed by atoms with E-state index in [-0.39, 0.29) is 17.2 Å². The Morgan fingerprint density at radius 2 is 1.85 bits per heavy atom. The van der Waals surface area contributed by atoms with Crippen LogP contribution in [0.5, 0.6) is 0 Å². The van der Waals surface area contributed by atoms with Crippen molar-refractivity contribution in [2.24, 2.45) is 0 Å². The molecule has 7 nitrogen and oxygen atoms in total. The maximum atomic E-state index is 13.4. The van der Waals surface area contributed by atoms with E-state index in [1.54, 1.807) is 0 Å². The Morgan fingerprint density at radius 3 is 2.38 bits per heavy atom. The van der Waals surface area contributed by atoms with Crippen molar-refractivity contribution >= 4 is 6.16 Å². The van der Waals surface area contributed by atoms with Crippen molar-refractivity contribution in [1.29, 1.82) is 0 Å². The summed E-state index contributed by atoms with van der Waals surface area (Å²) in [5.74, 6) is -1.87. The molecule has 1 N–H and O–H groups in total. The quantitative estimate of drug-likeness (QED) is 0.491. The van der Waals surface area contributed by atoms with E-state index in [0.29, 0.717) is 0 Å². The zero-order valence-electron chi connectivity index (χ0n) is 14.0. The molecule has 0 saturated heterocycles. The maximum absolute atomic E-state index is 13.4. The van der Waals surface area contributed by atoms with Crippen molar-refractivity contribution in [3.05, 3.63) is 68.4 Å². The molecule has 1 heterocycles. The van der Waals surface area contributed by atoms with E-state index in [1.807, 2.05) is 0 Å². The summed E-state index contributed by atoms with van der Waals surface area (Å²) >= 11 is 0. The van der Waals surface area contributed by atoms with Crippen molar-refractivity contribution < 1.29 is 32.4 Å². The van der Waals surface area contributed by atoms with Gasteiger partial charge < -0.3 is 14.8 Å². The van der Waals surface area contributed by atoms with Crippen LogP contribution in [0.4, 0.5) is 18.0 Å². The lowest BCUT2D eigenvalue weighted by Gasteiger charge is -2.27. The highest BCUT2D eigenvalue weighted by Gasteiger charge is 2.44. The van der Waals surface area contributed by atoms with Crippen molar-refractivity contribution in [3.63, 3.8) is 0 Å². The molecule has 140 valence electrons. The Kier molecular flexibility index (Phi) is 5.24. The molecule has 0 aliphatic carbocycles. The number of nitro groups is 1. The molecule has 0 aromatic heterocycles. The minimum absolute atomic E-state index is 0.0479. The fraction of sp³-hybridized carbons (Fsp3) is 0.312. The fourth-order valence-corrected chi connectivity index (χ4v) is 2.77. The van der Waals surface area contributed by atoms with Gasteiger partial charge in [0.15, 0.2) is 0 Å². The number of rotatable bonds is 3. The summed E-state index contributed by atoms with van der Waals surface area (Å²) in [5.41, 5.74) is -1.79. The third kappa shape index (κ3) is 3.63. The van der Waals surface area contributed by atoms with E-state index >= 15 is 0 Å². The number of hydrogen-bond donors (Lipinski definition) is 1. The number of halogens is 3. The largest absolute Gasteiger partial charge is 0.513 e. The zero-order valence-corrected chi connectivity index (χ0v) is 14.0. The number of carbonyl (C=O) groups excluding carboxylic acids is 1. The number of nitrogens with zero attached hydrogens (tertiary/aromatic N) is 1. The zero-order chi connectivity index (χ0) is 19.6. The molecule has 1 aromatic rings. The van der Waals surface area contributed by atoms with Crippen LogP contribution in [0, 0.1) is 10.1 Å². The van der Waals surface area contributed by atoms with E-state index in [0.717, 1.165) is 19.2 Å². The third-order valence-corrected chi connectivity index (χ3v) is 3.80. The Hall–Kier alpha value is -3.04. The van der Waals surface area contributed by atoms with Crippen LogP contribution >= 0.6 is 0 Å². The Morgan fingerprint density at radius 1 is 1.23 bits per heavy atom. The highest BCUT2D eigenvalue weighted by Crippen LogP contribution is 2.44. The predicted octanol–water partition coefficient (Wildman–Crippen LogP) is 3.91. The normalized spacial score (nSPS) is 17.7. The number of methoxy groups -OCH3 is 1. The summed E-state index contributed by atoms with van der Waals surface area (Å²) in [4.78, 5) is 22.3. The number of ether oxygens (including phenoxy) is 2. The van der Waals surface area contributed by atoms with Crippen LogP contribution in [-0.4, -0.2) is 18.2 Å². The standard InChI is InChI=1S/C16H15F3N2O5/c1-8-13(21(23)24)12(14(9(2)20-8)26-15(22)25-3)10-6-4-5-7-11(10)16(17,18)19/h4-7,12,20H,1-3H3. The second-order valence-corrected chi connectivity index (χ2v) is 5.46. The lowest BCUT2D eigenvalue weighted by Crippen LogP contribution is -2.31. The predicted molar refractivity (Wildman–Crippen MR) is 83.2 cm³/mol. The number of hydrogen-bond acceptors (Lipinski definition) is 6. The van der Waals surface area contributed by atoms with Crippen LogP contribution in [0.1, 0.15) is 30.9 Å². The minimum atomic E-state index is -4.75. The molecule has 0 radical (unpaired) electrons. The van der Waals surface area contributed by atoms with Crippen LogP contribution in [0.15, 0.2) is 47.1 Å². The molecular weight excluding hydrogens is 357 g/mol. The Labute approximate surface area is 146 Å². The molecule has 26 heavy (non-hydrogen) atoms. The van der Waals surface area contributed by atoms with E-state index in [2.05, 4.69) is 10.1 Å². The summed E-state index contributed by atoms with van der Waals surface area (Å²) in [6, 6.07) is 4.43. The van der Waals surface area contributed by atoms with Gasteiger partial charge in [-0.2, -0.15) is 13.2 Å². The van der Waals surface area contributed by atoms with Gasteiger partial charge in [-0.3, -0.25) is 10.1 Å². The van der Waals surface area contributed by atoms with Gasteiger partial charge in [0.25, 0.3) is 5.70 Å². The smallest absolute Gasteiger partial charge is 0.437 e. The third-order valence-electron chi connectivity index (χ3n) is 3.80. The molecule has 1 atom stereocenters. The fourth-order valence-electron chi connectivity index (χ4n) is 2.77. The van der Waals surface area contributed by atoms with Gasteiger partial charge in [-0.1, -0.05) is 18.2 Å². The average molecular weight is 372 g/mol. The van der Waals surface area contributed by atoms with Crippen molar-refractivity contribution in [2.45, 2.75) is 25.9 Å². The average Bonchev–Trinajstić information content (AvgIpc) is 2.55. The Bertz CT molecular complexity index is 814. The molecule has 0 saturated carbocycles. The molecule has 2 rings (SSSR count). The number of dihydropyridines is 1. The van der Waals surface area contributed by atoms with Crippen molar-refractivity contribution in [1.82, 2.24) is 5.32 Å². The first-order valence-electron chi connectivity index (χ1n) is 7.32. The lowest BCUT2D eigenvalue weighted by atomic mass is 9.86. The van der Waals surface area contributed by atoms with Gasteiger partial charge in [-0.15, -0.1) is 0 Å². The summed E-state index contributed by atoms with van der Waals surface area (Å²) in [7, 11) is 1.02. The SMILES string of the molecule is COC(=O)OC1=C(C)NC(C)=C([N+](=O)[O-])C1c1ccccc1C(F)(F)F. The summed E-state index contributed by atoms with van der Waals surface area (Å²) in [5, 5.41) is 14.2. The van der Waals surface area contributed by atoms with Gasteiger partial charge in [0.1, 0.15) is 11.7 Å². The van der Waals surface area contributed by atoms with Gasteiger partial charge in [0.05, 0.1) is 29.0 Å². The second kappa shape index (κ2) is 7.06. The molecular formula is C16H15F3N2O5. The lowest BCUT2D eigenvalue weighted by molar-refractivity contribution is -0.431. The second-order valence-electron chi connectivity index (χ2n) is 5.46. The molecule has 1 aromatic carbocycles. The minimum Gasteiger partial charge on any atom is -0.437 e. The maximum Gasteiger partial charge on any atom is 0.513 e. The van der Waals surface area contributed by atoms with Crippen LogP contribution in [0.25, 0.3) is 0 Å². The van der Waals surface area contributed by atoms with Gasteiger partial charge in [-0.25, -0.2) is 4.79 Å². The molecule has 1 unspecified atom stereocenters. The first-order valence-corrected chi connectivity index (χ1v) is 7.32. The van der Waals surface area contributed by atoms with Gasteiger partial charge >= 0.3 is 12.3 Å². The van der Waals surface area contributed by atoms with E-state index in [9.17, 15) is 28.1 Å². The van der Waals surface area contributed by atoms with Gasteiger partial charge in [0.2, 0.25) is 0 Å². The number of alkyl halides is 3. The van der Waals surface area contributed by atoms with Crippen LogP contribution in [0.2, 0.25) is 0 Å². The van der Waals surface area contributed by atoms with Gasteiger partial charge in [-0.05, 0) is 25.5 Å². The number of allylic oxidation sites excluding steroid dienone is 2. The number of nitrogens with one attached hydrogen (secondary N) is 1. The van der Waals surface area contributed by atoms with Crippen molar-refractivity contribution in [3.8, 4) is 0 Å². The molecule has 10 heteroatoms. The summed E-state index contributed by atoms with van der Waals surface area (Å²) in [6.07, 6.45) is -5.95. The molecule has 0 amide bonds. The van der Waals surface area contributed by atoms with E-state index in [1.165, 1.54) is 26.0 Å². The number of carbonyl (C=O) groups is 1. The topological polar surface area (TPSA) is 90.7 Å². The van der Waals surface area contributed by atoms with Crippen LogP contribution < -0.4 is 5.32 Å². The highest BCUT2D eigenvalue weighted by molar-refractivity contribution is 5.62. The Balaban J connectivity index is 2.74. The van der Waals surface area contributed by atoms with E-state index in [4.69, 9.17) is 4.74 Å². The molecule has 1 aliphatic heterocycles. The van der Waals surface area contributed by atoms with Crippen molar-refractivity contribution in [2.75, 3.05) is 7.11 Å². The van der Waals surface area contributed by atoms with Crippen LogP contribution in [0.3, 0.4) is 0 Å². The molecule has 0 spiro atoms. The first kappa shape index (κ1) is 19.3. The monoisotopic (exact) mass is 372 g/mol. The molecule has 0 bridgehead atoms. The van der Waals surface area contributed by atoms with Crippen LogP contribution in [-0.2, 0) is 15.7 Å². The molecule has 0 fully saturated rings. The summed E-state index contributed by atoms with van der Waals surface area (Å²) < 4.78 is 49.6. The van der Waals surface area contributed by atoms with E-state index < -0.39 is 40.0 Å². The molecule has 1 aliphatic rings.